The van der Waals surface area contributed by atoms with Gasteiger partial charge in [0.05, 0.1) is 5.56 Å². The van der Waals surface area contributed by atoms with Crippen LogP contribution in [0.25, 0.3) is 0 Å². The highest BCUT2D eigenvalue weighted by Gasteiger charge is 2.10. The maximum atomic E-state index is 12.2. The van der Waals surface area contributed by atoms with E-state index in [1.165, 1.54) is 0 Å². The molecule has 2 N–H and O–H groups in total. The lowest BCUT2D eigenvalue weighted by Crippen LogP contribution is -2.27. The molecule has 0 fully saturated rings. The van der Waals surface area contributed by atoms with Crippen LogP contribution in [0.2, 0.25) is 0 Å². The molecule has 1 amide bonds. The highest BCUT2D eigenvalue weighted by molar-refractivity contribution is 5.99. The van der Waals surface area contributed by atoms with Crippen molar-refractivity contribution in [3.8, 4) is 0 Å². The van der Waals surface area contributed by atoms with Crippen molar-refractivity contribution in [2.75, 3.05) is 18.9 Å². The van der Waals surface area contributed by atoms with Crippen molar-refractivity contribution in [2.24, 2.45) is 7.05 Å². The van der Waals surface area contributed by atoms with Crippen molar-refractivity contribution in [2.45, 2.75) is 13.3 Å². The Hall–Kier alpha value is -2.30. The second kappa shape index (κ2) is 6.23. The van der Waals surface area contributed by atoms with Gasteiger partial charge < -0.3 is 10.6 Å². The minimum Gasteiger partial charge on any atom is -0.387 e. The summed E-state index contributed by atoms with van der Waals surface area (Å²) < 4.78 is 1.82. The van der Waals surface area contributed by atoms with Crippen LogP contribution in [0.5, 0.6) is 0 Å². The third-order valence-electron chi connectivity index (χ3n) is 3.28. The van der Waals surface area contributed by atoms with Crippen molar-refractivity contribution in [3.63, 3.8) is 0 Å². The minimum atomic E-state index is -0.0554. The SMILES string of the molecule is CNc1ccc(C)cc1C(=O)NCCc1ccnn1C. The van der Waals surface area contributed by atoms with E-state index >= 15 is 0 Å². The minimum absolute atomic E-state index is 0.0554. The Labute approximate surface area is 119 Å². The molecule has 0 spiro atoms. The van der Waals surface area contributed by atoms with E-state index in [1.54, 1.807) is 6.20 Å². The summed E-state index contributed by atoms with van der Waals surface area (Å²) in [5.74, 6) is -0.0554. The Morgan fingerprint density at radius 3 is 2.80 bits per heavy atom. The maximum absolute atomic E-state index is 12.2. The predicted molar refractivity (Wildman–Crippen MR) is 80.0 cm³/mol. The number of aromatic nitrogens is 2. The fraction of sp³-hybridized carbons (Fsp3) is 0.333. The van der Waals surface area contributed by atoms with Crippen LogP contribution in [0.4, 0.5) is 5.69 Å². The van der Waals surface area contributed by atoms with Crippen LogP contribution in [0.1, 0.15) is 21.6 Å². The first-order chi connectivity index (χ1) is 9.61. The highest BCUT2D eigenvalue weighted by Crippen LogP contribution is 2.16. The number of hydrogen-bond donors (Lipinski definition) is 2. The van der Waals surface area contributed by atoms with Gasteiger partial charge in [-0.3, -0.25) is 9.48 Å². The summed E-state index contributed by atoms with van der Waals surface area (Å²) in [5.41, 5.74) is 3.69. The van der Waals surface area contributed by atoms with Crippen molar-refractivity contribution in [1.29, 1.82) is 0 Å². The summed E-state index contributed by atoms with van der Waals surface area (Å²) in [7, 11) is 3.72. The molecule has 2 rings (SSSR count). The van der Waals surface area contributed by atoms with Crippen LogP contribution in [0.3, 0.4) is 0 Å². The van der Waals surface area contributed by atoms with Crippen LogP contribution in [0.15, 0.2) is 30.5 Å². The number of nitrogens with zero attached hydrogens (tertiary/aromatic N) is 2. The van der Waals surface area contributed by atoms with Crippen LogP contribution < -0.4 is 10.6 Å². The fourth-order valence-corrected chi connectivity index (χ4v) is 2.11. The zero-order valence-electron chi connectivity index (χ0n) is 12.1. The van der Waals surface area contributed by atoms with Crippen LogP contribution in [-0.2, 0) is 13.5 Å². The second-order valence-corrected chi connectivity index (χ2v) is 4.75. The molecular weight excluding hydrogens is 252 g/mol. The molecule has 0 bridgehead atoms. The van der Waals surface area contributed by atoms with Gasteiger partial charge in [-0.05, 0) is 25.1 Å². The molecule has 0 radical (unpaired) electrons. The third-order valence-corrected chi connectivity index (χ3v) is 3.28. The molecule has 0 aliphatic rings. The molecule has 1 aromatic carbocycles. The molecule has 0 unspecified atom stereocenters. The van der Waals surface area contributed by atoms with E-state index in [9.17, 15) is 4.79 Å². The predicted octanol–water partition coefficient (Wildman–Crippen LogP) is 1.74. The summed E-state index contributed by atoms with van der Waals surface area (Å²) in [4.78, 5) is 12.2. The van der Waals surface area contributed by atoms with Gasteiger partial charge in [0.1, 0.15) is 0 Å². The first-order valence-electron chi connectivity index (χ1n) is 6.65. The average Bonchev–Trinajstić information content (AvgIpc) is 2.84. The zero-order chi connectivity index (χ0) is 14.5. The van der Waals surface area contributed by atoms with Gasteiger partial charge in [-0.1, -0.05) is 11.6 Å². The normalized spacial score (nSPS) is 10.3. The van der Waals surface area contributed by atoms with Gasteiger partial charge >= 0.3 is 0 Å². The molecule has 1 heterocycles. The van der Waals surface area contributed by atoms with Crippen LogP contribution >= 0.6 is 0 Å². The Morgan fingerprint density at radius 2 is 2.15 bits per heavy atom. The highest BCUT2D eigenvalue weighted by atomic mass is 16.1. The number of anilines is 1. The Bertz CT molecular complexity index is 604. The smallest absolute Gasteiger partial charge is 0.253 e. The monoisotopic (exact) mass is 272 g/mol. The van der Waals surface area contributed by atoms with Gasteiger partial charge in [-0.15, -0.1) is 0 Å². The zero-order valence-corrected chi connectivity index (χ0v) is 12.1. The maximum Gasteiger partial charge on any atom is 0.253 e. The van der Waals surface area contributed by atoms with Gasteiger partial charge in [0.15, 0.2) is 0 Å². The molecule has 0 aliphatic carbocycles. The molecule has 0 atom stereocenters. The first-order valence-corrected chi connectivity index (χ1v) is 6.65. The number of hydrogen-bond acceptors (Lipinski definition) is 3. The number of rotatable bonds is 5. The largest absolute Gasteiger partial charge is 0.387 e. The topological polar surface area (TPSA) is 59.0 Å². The molecule has 106 valence electrons. The lowest BCUT2D eigenvalue weighted by atomic mass is 10.1. The molecule has 0 saturated heterocycles. The van der Waals surface area contributed by atoms with E-state index in [4.69, 9.17) is 0 Å². The Morgan fingerprint density at radius 1 is 1.35 bits per heavy atom. The van der Waals surface area contributed by atoms with Gasteiger partial charge in [-0.25, -0.2) is 0 Å². The molecule has 5 nitrogen and oxygen atoms in total. The van der Waals surface area contributed by atoms with Crippen LogP contribution in [-0.4, -0.2) is 29.3 Å². The standard InChI is InChI=1S/C15H20N4O/c1-11-4-5-14(16-2)13(10-11)15(20)17-8-6-12-7-9-18-19(12)3/h4-5,7,9-10,16H,6,8H2,1-3H3,(H,17,20). The molecular formula is C15H20N4O. The molecule has 0 aliphatic heterocycles. The van der Waals surface area contributed by atoms with E-state index in [1.807, 2.05) is 50.0 Å². The van der Waals surface area contributed by atoms with E-state index in [-0.39, 0.29) is 5.91 Å². The summed E-state index contributed by atoms with van der Waals surface area (Å²) in [6.45, 7) is 2.57. The summed E-state index contributed by atoms with van der Waals surface area (Å²) in [5, 5.41) is 10.1. The van der Waals surface area contributed by atoms with Crippen molar-refractivity contribution in [1.82, 2.24) is 15.1 Å². The fourth-order valence-electron chi connectivity index (χ4n) is 2.11. The lowest BCUT2D eigenvalue weighted by Gasteiger charge is -2.11. The molecule has 2 aromatic rings. The van der Waals surface area contributed by atoms with Gasteiger partial charge in [-0.2, -0.15) is 5.10 Å². The van der Waals surface area contributed by atoms with Crippen LogP contribution in [0, 0.1) is 6.92 Å². The van der Waals surface area contributed by atoms with Gasteiger partial charge in [0.25, 0.3) is 5.91 Å². The number of benzene rings is 1. The quantitative estimate of drug-likeness (QED) is 0.871. The summed E-state index contributed by atoms with van der Waals surface area (Å²) >= 11 is 0. The average molecular weight is 272 g/mol. The lowest BCUT2D eigenvalue weighted by molar-refractivity contribution is 0.0954. The summed E-state index contributed by atoms with van der Waals surface area (Å²) in [6, 6.07) is 7.76. The number of amides is 1. The van der Waals surface area contributed by atoms with E-state index in [0.717, 1.165) is 23.4 Å². The number of nitrogens with one attached hydrogen (secondary N) is 2. The van der Waals surface area contributed by atoms with E-state index in [2.05, 4.69) is 15.7 Å². The second-order valence-electron chi connectivity index (χ2n) is 4.75. The van der Waals surface area contributed by atoms with Crippen molar-refractivity contribution < 1.29 is 4.79 Å². The van der Waals surface area contributed by atoms with E-state index in [0.29, 0.717) is 12.1 Å². The van der Waals surface area contributed by atoms with E-state index < -0.39 is 0 Å². The first kappa shape index (κ1) is 14.1. The van der Waals surface area contributed by atoms with Crippen molar-refractivity contribution in [3.05, 3.63) is 47.3 Å². The number of aryl methyl sites for hydroxylation is 2. The molecule has 1 aromatic heterocycles. The Kier molecular flexibility index (Phi) is 4.40. The molecule has 5 heteroatoms. The molecule has 20 heavy (non-hydrogen) atoms. The van der Waals surface area contributed by atoms with Gasteiger partial charge in [0.2, 0.25) is 0 Å². The van der Waals surface area contributed by atoms with Gasteiger partial charge in [0, 0.05) is 44.6 Å². The molecule has 0 saturated carbocycles. The summed E-state index contributed by atoms with van der Waals surface area (Å²) in [6.07, 6.45) is 2.53. The number of carbonyl (C=O) groups excluding carboxylic acids is 1. The number of carbonyl (C=O) groups is 1. The third kappa shape index (κ3) is 3.17. The Balaban J connectivity index is 1.98. The van der Waals surface area contributed by atoms with Crippen molar-refractivity contribution >= 4 is 11.6 Å².